The molecule has 1 saturated carbocycles. The normalized spacial score (nSPS) is 15.6. The van der Waals surface area contributed by atoms with Gasteiger partial charge >= 0.3 is 0 Å². The van der Waals surface area contributed by atoms with Crippen LogP contribution in [0.25, 0.3) is 0 Å². The van der Waals surface area contributed by atoms with Crippen LogP contribution in [0, 0.1) is 12.8 Å². The summed E-state index contributed by atoms with van der Waals surface area (Å²) in [4.78, 5) is 0. The summed E-state index contributed by atoms with van der Waals surface area (Å²) in [5, 5.41) is 11.1. The lowest BCUT2D eigenvalue weighted by Crippen LogP contribution is -2.25. The number of para-hydroxylation sites is 1. The van der Waals surface area contributed by atoms with E-state index < -0.39 is 0 Å². The predicted molar refractivity (Wildman–Crippen MR) is 111 cm³/mol. The molecule has 5 heteroatoms. The van der Waals surface area contributed by atoms with Crippen LogP contribution in [0.3, 0.4) is 0 Å². The predicted octanol–water partition coefficient (Wildman–Crippen LogP) is 5.18. The third kappa shape index (κ3) is 5.46. The summed E-state index contributed by atoms with van der Waals surface area (Å²) in [6.07, 6.45) is 8.35. The van der Waals surface area contributed by atoms with Crippen molar-refractivity contribution in [3.05, 3.63) is 54.7 Å². The average molecular weight is 367 g/mol. The lowest BCUT2D eigenvalue weighted by Gasteiger charge is -2.23. The van der Waals surface area contributed by atoms with Crippen LogP contribution in [-0.2, 0) is 6.54 Å². The molecule has 0 atom stereocenters. The first-order valence-electron chi connectivity index (χ1n) is 9.83. The molecule has 0 unspecified atom stereocenters. The number of hydrazone groups is 1. The van der Waals surface area contributed by atoms with Gasteiger partial charge in [-0.1, -0.05) is 44.0 Å². The second-order valence-electron chi connectivity index (χ2n) is 7.26. The minimum atomic E-state index is 0.324. The van der Waals surface area contributed by atoms with E-state index in [2.05, 4.69) is 16.8 Å². The number of anilines is 1. The van der Waals surface area contributed by atoms with Crippen molar-refractivity contribution in [3.63, 3.8) is 0 Å². The van der Waals surface area contributed by atoms with Crippen LogP contribution in [0.15, 0.2) is 54.2 Å². The highest BCUT2D eigenvalue weighted by Gasteiger charge is 2.17. The van der Waals surface area contributed by atoms with E-state index in [-0.39, 0.29) is 0 Å². The molecule has 1 aromatic heterocycles. The quantitative estimate of drug-likeness (QED) is 0.367. The highest BCUT2D eigenvalue weighted by atomic mass is 16.5. The molecular weight excluding hydrogens is 336 g/mol. The van der Waals surface area contributed by atoms with Crippen molar-refractivity contribution in [2.24, 2.45) is 11.0 Å². The molecule has 1 aromatic carbocycles. The van der Waals surface area contributed by atoms with Crippen LogP contribution in [0.1, 0.15) is 44.7 Å². The van der Waals surface area contributed by atoms with E-state index in [9.17, 15) is 0 Å². The number of nitrogens with zero attached hydrogens (tertiary/aromatic N) is 4. The van der Waals surface area contributed by atoms with Gasteiger partial charge in [-0.05, 0) is 50.8 Å². The number of ether oxygens (including phenoxy) is 1. The van der Waals surface area contributed by atoms with E-state index in [0.29, 0.717) is 12.6 Å². The molecule has 3 rings (SSSR count). The van der Waals surface area contributed by atoms with E-state index >= 15 is 0 Å². The SMILES string of the molecule is C=C/C(C)=N\N(COc1cc(C)nn1CC1CCCCC1)c1ccccc1. The molecular formula is C22H30N4O. The Morgan fingerprint density at radius 3 is 2.74 bits per heavy atom. The molecule has 0 bridgehead atoms. The lowest BCUT2D eigenvalue weighted by atomic mass is 9.89. The molecule has 0 radical (unpaired) electrons. The highest BCUT2D eigenvalue weighted by molar-refractivity contribution is 5.92. The number of hydrogen-bond donors (Lipinski definition) is 0. The molecule has 0 aliphatic heterocycles. The summed E-state index contributed by atoms with van der Waals surface area (Å²) in [5.74, 6) is 1.51. The summed E-state index contributed by atoms with van der Waals surface area (Å²) < 4.78 is 8.17. The number of aromatic nitrogens is 2. The van der Waals surface area contributed by atoms with Gasteiger partial charge in [-0.25, -0.2) is 9.69 Å². The number of hydrogen-bond acceptors (Lipinski definition) is 4. The molecule has 1 aliphatic carbocycles. The number of benzene rings is 1. The smallest absolute Gasteiger partial charge is 0.213 e. The van der Waals surface area contributed by atoms with E-state index in [1.54, 1.807) is 6.08 Å². The summed E-state index contributed by atoms with van der Waals surface area (Å²) in [5.41, 5.74) is 2.81. The minimum absolute atomic E-state index is 0.324. The van der Waals surface area contributed by atoms with E-state index in [0.717, 1.165) is 29.5 Å². The standard InChI is InChI=1S/C22H30N4O/c1-4-18(2)23-26(21-13-9-6-10-14-21)17-27-22-15-19(3)24-25(22)16-20-11-7-5-8-12-20/h4,6,9-10,13-15,20H,1,5,7-8,11-12,16-17H2,2-3H3/b23-18-. The Kier molecular flexibility index (Phi) is 6.69. The summed E-state index contributed by atoms with van der Waals surface area (Å²) >= 11 is 0. The Morgan fingerprint density at radius 1 is 1.30 bits per heavy atom. The largest absolute Gasteiger partial charge is 0.455 e. The van der Waals surface area contributed by atoms with Crippen molar-refractivity contribution >= 4 is 11.4 Å². The maximum atomic E-state index is 6.15. The number of rotatable bonds is 8. The van der Waals surface area contributed by atoms with Gasteiger partial charge in [-0.15, -0.1) is 0 Å². The zero-order valence-electron chi connectivity index (χ0n) is 16.5. The van der Waals surface area contributed by atoms with Crippen molar-refractivity contribution < 1.29 is 4.74 Å². The van der Waals surface area contributed by atoms with E-state index in [4.69, 9.17) is 4.74 Å². The fourth-order valence-corrected chi connectivity index (χ4v) is 3.50. The molecule has 2 aromatic rings. The molecule has 0 N–H and O–H groups in total. The van der Waals surface area contributed by atoms with Gasteiger partial charge in [0.2, 0.25) is 5.88 Å². The number of aryl methyl sites for hydroxylation is 1. The monoisotopic (exact) mass is 366 g/mol. The van der Waals surface area contributed by atoms with Crippen molar-refractivity contribution in [1.29, 1.82) is 0 Å². The van der Waals surface area contributed by atoms with E-state index in [1.165, 1.54) is 32.1 Å². The zero-order chi connectivity index (χ0) is 19.1. The number of allylic oxidation sites excluding steroid dienone is 1. The second kappa shape index (κ2) is 9.40. The first-order valence-corrected chi connectivity index (χ1v) is 9.83. The van der Waals surface area contributed by atoms with Gasteiger partial charge in [0, 0.05) is 12.6 Å². The van der Waals surface area contributed by atoms with Gasteiger partial charge in [0.25, 0.3) is 0 Å². The van der Waals surface area contributed by atoms with Crippen LogP contribution < -0.4 is 9.75 Å². The zero-order valence-corrected chi connectivity index (χ0v) is 16.5. The molecule has 0 amide bonds. The Labute approximate surface area is 162 Å². The lowest BCUT2D eigenvalue weighted by molar-refractivity contribution is 0.251. The van der Waals surface area contributed by atoms with Crippen LogP contribution >= 0.6 is 0 Å². The first kappa shape index (κ1) is 19.2. The fraction of sp³-hybridized carbons (Fsp3) is 0.455. The summed E-state index contributed by atoms with van der Waals surface area (Å²) in [6, 6.07) is 12.0. The van der Waals surface area contributed by atoms with Gasteiger partial charge < -0.3 is 4.74 Å². The summed E-state index contributed by atoms with van der Waals surface area (Å²) in [7, 11) is 0. The second-order valence-corrected chi connectivity index (χ2v) is 7.26. The summed E-state index contributed by atoms with van der Waals surface area (Å²) in [6.45, 7) is 9.00. The van der Waals surface area contributed by atoms with Gasteiger partial charge in [-0.3, -0.25) is 0 Å². The molecule has 1 fully saturated rings. The van der Waals surface area contributed by atoms with Crippen molar-refractivity contribution in [3.8, 4) is 5.88 Å². The first-order chi connectivity index (χ1) is 13.2. The molecule has 0 saturated heterocycles. The molecule has 0 spiro atoms. The van der Waals surface area contributed by atoms with Crippen LogP contribution in [-0.4, -0.2) is 22.2 Å². The topological polar surface area (TPSA) is 42.6 Å². The molecule has 27 heavy (non-hydrogen) atoms. The van der Waals surface area contributed by atoms with Crippen molar-refractivity contribution in [2.45, 2.75) is 52.5 Å². The van der Waals surface area contributed by atoms with Gasteiger partial charge in [0.15, 0.2) is 6.73 Å². The molecule has 144 valence electrons. The van der Waals surface area contributed by atoms with E-state index in [1.807, 2.05) is 59.9 Å². The van der Waals surface area contributed by atoms with Gasteiger partial charge in [-0.2, -0.15) is 10.2 Å². The van der Waals surface area contributed by atoms with Crippen LogP contribution in [0.5, 0.6) is 5.88 Å². The van der Waals surface area contributed by atoms with Gasteiger partial charge in [0.1, 0.15) is 0 Å². The Morgan fingerprint density at radius 2 is 2.04 bits per heavy atom. The molecule has 1 aliphatic rings. The third-order valence-corrected chi connectivity index (χ3v) is 4.98. The van der Waals surface area contributed by atoms with Gasteiger partial charge in [0.05, 0.1) is 17.1 Å². The molecule has 5 nitrogen and oxygen atoms in total. The minimum Gasteiger partial charge on any atom is -0.455 e. The van der Waals surface area contributed by atoms with Crippen LogP contribution in [0.2, 0.25) is 0 Å². The van der Waals surface area contributed by atoms with Crippen molar-refractivity contribution in [1.82, 2.24) is 9.78 Å². The van der Waals surface area contributed by atoms with Crippen molar-refractivity contribution in [2.75, 3.05) is 11.7 Å². The molecule has 1 heterocycles. The third-order valence-electron chi connectivity index (χ3n) is 4.98. The van der Waals surface area contributed by atoms with Crippen LogP contribution in [0.4, 0.5) is 5.69 Å². The fourth-order valence-electron chi connectivity index (χ4n) is 3.50. The maximum absolute atomic E-state index is 6.15. The Hall–Kier alpha value is -2.56. The highest BCUT2D eigenvalue weighted by Crippen LogP contribution is 2.27. The Balaban J connectivity index is 1.72. The average Bonchev–Trinajstić information content (AvgIpc) is 3.05. The maximum Gasteiger partial charge on any atom is 0.213 e. The Bertz CT molecular complexity index is 760.